The monoisotopic (exact) mass is 382 g/mol. The molecule has 1 aliphatic heterocycles. The Hall–Kier alpha value is -1.76. The third-order valence-corrected chi connectivity index (χ3v) is 4.52. The highest BCUT2D eigenvalue weighted by Crippen LogP contribution is 2.16. The zero-order chi connectivity index (χ0) is 16.7. The summed E-state index contributed by atoms with van der Waals surface area (Å²) in [6, 6.07) is 8.18. The standard InChI is InChI=1S/C16H23BrN4O2/c1-2-23-16(22)21-9-7-13(8-10-21)20-15(18)19-11-12-5-3-4-6-14(12)17/h3-6,13H,2,7-11H2,1H3,(H3,18,19,20). The first-order valence-electron chi connectivity index (χ1n) is 7.81. The molecular formula is C16H23BrN4O2. The molecule has 2 rings (SSSR count). The Morgan fingerprint density at radius 2 is 2.13 bits per heavy atom. The number of nitrogens with two attached hydrogens (primary N) is 1. The second kappa shape index (κ2) is 8.76. The molecule has 0 radical (unpaired) electrons. The number of hydrogen-bond acceptors (Lipinski definition) is 3. The average Bonchev–Trinajstić information content (AvgIpc) is 2.55. The summed E-state index contributed by atoms with van der Waals surface area (Å²) in [4.78, 5) is 17.8. The summed E-state index contributed by atoms with van der Waals surface area (Å²) in [5.41, 5.74) is 7.05. The molecule has 0 aromatic heterocycles. The van der Waals surface area contributed by atoms with E-state index in [4.69, 9.17) is 10.5 Å². The molecule has 1 heterocycles. The van der Waals surface area contributed by atoms with Gasteiger partial charge in [0.15, 0.2) is 5.96 Å². The molecular weight excluding hydrogens is 360 g/mol. The second-order valence-electron chi connectivity index (χ2n) is 5.40. The molecule has 0 aliphatic carbocycles. The lowest BCUT2D eigenvalue weighted by molar-refractivity contribution is 0.0963. The number of nitrogens with one attached hydrogen (secondary N) is 1. The number of carbonyl (C=O) groups excluding carboxylic acids is 1. The Bertz CT molecular complexity index is 557. The van der Waals surface area contributed by atoms with E-state index < -0.39 is 0 Å². The molecule has 126 valence electrons. The molecule has 0 atom stereocenters. The lowest BCUT2D eigenvalue weighted by Crippen LogP contribution is -2.48. The summed E-state index contributed by atoms with van der Waals surface area (Å²) < 4.78 is 6.04. The van der Waals surface area contributed by atoms with Gasteiger partial charge in [0.05, 0.1) is 13.2 Å². The Balaban J connectivity index is 1.78. The van der Waals surface area contributed by atoms with Crippen LogP contribution in [0, 0.1) is 0 Å². The van der Waals surface area contributed by atoms with E-state index >= 15 is 0 Å². The van der Waals surface area contributed by atoms with Gasteiger partial charge in [-0.1, -0.05) is 34.1 Å². The predicted octanol–water partition coefficient (Wildman–Crippen LogP) is 2.47. The largest absolute Gasteiger partial charge is 0.450 e. The minimum absolute atomic E-state index is 0.235. The molecule has 1 aromatic rings. The van der Waals surface area contributed by atoms with Crippen LogP contribution in [0.5, 0.6) is 0 Å². The maximum atomic E-state index is 11.6. The van der Waals surface area contributed by atoms with Crippen LogP contribution in [0.25, 0.3) is 0 Å². The number of halogens is 1. The van der Waals surface area contributed by atoms with E-state index in [1.807, 2.05) is 31.2 Å². The van der Waals surface area contributed by atoms with E-state index in [-0.39, 0.29) is 12.1 Å². The second-order valence-corrected chi connectivity index (χ2v) is 6.25. The summed E-state index contributed by atoms with van der Waals surface area (Å²) in [6.45, 7) is 4.10. The molecule has 0 spiro atoms. The van der Waals surface area contributed by atoms with Gasteiger partial charge in [-0.25, -0.2) is 9.79 Å². The number of carbonyl (C=O) groups is 1. The zero-order valence-corrected chi connectivity index (χ0v) is 14.9. The van der Waals surface area contributed by atoms with Gasteiger partial charge in [-0.05, 0) is 31.4 Å². The Morgan fingerprint density at radius 1 is 1.43 bits per heavy atom. The van der Waals surface area contributed by atoms with Gasteiger partial charge in [-0.15, -0.1) is 0 Å². The van der Waals surface area contributed by atoms with Crippen LogP contribution in [-0.4, -0.2) is 42.7 Å². The molecule has 7 heteroatoms. The molecule has 6 nitrogen and oxygen atoms in total. The smallest absolute Gasteiger partial charge is 0.409 e. The number of aliphatic imine (C=N–C) groups is 1. The maximum Gasteiger partial charge on any atom is 0.409 e. The first-order chi connectivity index (χ1) is 11.1. The Morgan fingerprint density at radius 3 is 2.78 bits per heavy atom. The molecule has 0 saturated carbocycles. The van der Waals surface area contributed by atoms with Crippen molar-refractivity contribution in [2.75, 3.05) is 19.7 Å². The van der Waals surface area contributed by atoms with Gasteiger partial charge in [0.2, 0.25) is 0 Å². The highest BCUT2D eigenvalue weighted by molar-refractivity contribution is 9.10. The lowest BCUT2D eigenvalue weighted by Gasteiger charge is -2.31. The van der Waals surface area contributed by atoms with Crippen LogP contribution in [0.2, 0.25) is 0 Å². The van der Waals surface area contributed by atoms with E-state index in [1.165, 1.54) is 0 Å². The van der Waals surface area contributed by atoms with Gasteiger partial charge in [0.25, 0.3) is 0 Å². The van der Waals surface area contributed by atoms with Crippen molar-refractivity contribution in [1.82, 2.24) is 10.2 Å². The van der Waals surface area contributed by atoms with Crippen LogP contribution in [0.4, 0.5) is 4.79 Å². The number of likely N-dealkylation sites (tertiary alicyclic amines) is 1. The minimum atomic E-state index is -0.235. The van der Waals surface area contributed by atoms with Crippen LogP contribution in [-0.2, 0) is 11.3 Å². The van der Waals surface area contributed by atoms with Crippen molar-refractivity contribution in [3.8, 4) is 0 Å². The lowest BCUT2D eigenvalue weighted by atomic mass is 10.1. The maximum absolute atomic E-state index is 11.6. The van der Waals surface area contributed by atoms with E-state index in [0.717, 1.165) is 22.9 Å². The van der Waals surface area contributed by atoms with Gasteiger partial charge in [0.1, 0.15) is 0 Å². The van der Waals surface area contributed by atoms with Crippen LogP contribution in [0.1, 0.15) is 25.3 Å². The first kappa shape index (κ1) is 17.6. The summed E-state index contributed by atoms with van der Waals surface area (Å²) in [5.74, 6) is 0.440. The van der Waals surface area contributed by atoms with Crippen molar-refractivity contribution < 1.29 is 9.53 Å². The SMILES string of the molecule is CCOC(=O)N1CCC(NC(N)=NCc2ccccc2Br)CC1. The third-order valence-electron chi connectivity index (χ3n) is 3.75. The third kappa shape index (κ3) is 5.42. The van der Waals surface area contributed by atoms with Crippen molar-refractivity contribution >= 4 is 28.0 Å². The number of benzene rings is 1. The molecule has 1 amide bonds. The van der Waals surface area contributed by atoms with Crippen LogP contribution in [0.3, 0.4) is 0 Å². The van der Waals surface area contributed by atoms with Crippen molar-refractivity contribution in [1.29, 1.82) is 0 Å². The fourth-order valence-electron chi connectivity index (χ4n) is 2.47. The molecule has 23 heavy (non-hydrogen) atoms. The fourth-order valence-corrected chi connectivity index (χ4v) is 2.88. The minimum Gasteiger partial charge on any atom is -0.450 e. The van der Waals surface area contributed by atoms with Gasteiger partial charge in [0, 0.05) is 23.6 Å². The van der Waals surface area contributed by atoms with Crippen LogP contribution in [0.15, 0.2) is 33.7 Å². The number of rotatable bonds is 4. The van der Waals surface area contributed by atoms with Crippen molar-refractivity contribution in [3.05, 3.63) is 34.3 Å². The Labute approximate surface area is 145 Å². The Kier molecular flexibility index (Phi) is 6.70. The molecule has 1 fully saturated rings. The van der Waals surface area contributed by atoms with Crippen LogP contribution >= 0.6 is 15.9 Å². The van der Waals surface area contributed by atoms with Crippen LogP contribution < -0.4 is 11.1 Å². The number of piperidine rings is 1. The van der Waals surface area contributed by atoms with E-state index in [9.17, 15) is 4.79 Å². The molecule has 0 bridgehead atoms. The molecule has 0 unspecified atom stereocenters. The number of hydrogen-bond donors (Lipinski definition) is 2. The highest BCUT2D eigenvalue weighted by atomic mass is 79.9. The van der Waals surface area contributed by atoms with E-state index in [0.29, 0.717) is 32.2 Å². The predicted molar refractivity (Wildman–Crippen MR) is 94.2 cm³/mol. The average molecular weight is 383 g/mol. The van der Waals surface area contributed by atoms with Crippen molar-refractivity contribution in [3.63, 3.8) is 0 Å². The molecule has 3 N–H and O–H groups in total. The first-order valence-corrected chi connectivity index (χ1v) is 8.61. The van der Waals surface area contributed by atoms with Crippen molar-refractivity contribution in [2.24, 2.45) is 10.7 Å². The molecule has 1 aliphatic rings. The fraction of sp³-hybridized carbons (Fsp3) is 0.500. The zero-order valence-electron chi connectivity index (χ0n) is 13.3. The molecule has 1 aromatic carbocycles. The van der Waals surface area contributed by atoms with E-state index in [2.05, 4.69) is 26.2 Å². The quantitative estimate of drug-likeness (QED) is 0.619. The van der Waals surface area contributed by atoms with Crippen molar-refractivity contribution in [2.45, 2.75) is 32.4 Å². The number of amides is 1. The van der Waals surface area contributed by atoms with Gasteiger partial charge >= 0.3 is 6.09 Å². The summed E-state index contributed by atoms with van der Waals surface area (Å²) >= 11 is 3.50. The normalized spacial score (nSPS) is 16.3. The van der Waals surface area contributed by atoms with Gasteiger partial charge in [-0.2, -0.15) is 0 Å². The molecule has 1 saturated heterocycles. The highest BCUT2D eigenvalue weighted by Gasteiger charge is 2.23. The summed E-state index contributed by atoms with van der Waals surface area (Å²) in [7, 11) is 0. The number of guanidine groups is 1. The van der Waals surface area contributed by atoms with Gasteiger partial charge in [-0.3, -0.25) is 0 Å². The number of ether oxygens (including phenoxy) is 1. The topological polar surface area (TPSA) is 80.0 Å². The summed E-state index contributed by atoms with van der Waals surface area (Å²) in [5, 5.41) is 3.23. The van der Waals surface area contributed by atoms with Gasteiger partial charge < -0.3 is 20.7 Å². The summed E-state index contributed by atoms with van der Waals surface area (Å²) in [6.07, 6.45) is 1.44. The number of nitrogens with zero attached hydrogens (tertiary/aromatic N) is 2. The van der Waals surface area contributed by atoms with E-state index in [1.54, 1.807) is 4.90 Å².